The third kappa shape index (κ3) is 7.62. The van der Waals surface area contributed by atoms with E-state index >= 15 is 0 Å². The number of ether oxygens (including phenoxy) is 1. The Kier molecular flexibility index (Phi) is 10.6. The van der Waals surface area contributed by atoms with Crippen molar-refractivity contribution in [2.75, 3.05) is 63.9 Å². The minimum Gasteiger partial charge on any atom is -0.492 e. The van der Waals surface area contributed by atoms with Gasteiger partial charge in [-0.25, -0.2) is 0 Å². The first kappa shape index (κ1) is 27.3. The fourth-order valence-corrected chi connectivity index (χ4v) is 5.93. The Balaban J connectivity index is 1.71. The van der Waals surface area contributed by atoms with Crippen molar-refractivity contribution in [3.8, 4) is 5.75 Å². The van der Waals surface area contributed by atoms with Crippen LogP contribution in [0.2, 0.25) is 0 Å². The molecule has 0 bridgehead atoms. The highest BCUT2D eigenvalue weighted by Gasteiger charge is 2.32. The summed E-state index contributed by atoms with van der Waals surface area (Å²) in [6.07, 6.45) is 7.98. The summed E-state index contributed by atoms with van der Waals surface area (Å²) in [6.45, 7) is 23.8. The lowest BCUT2D eigenvalue weighted by atomic mass is 9.68. The van der Waals surface area contributed by atoms with Crippen molar-refractivity contribution in [1.82, 2.24) is 9.80 Å². The fraction of sp³-hybridized carbons (Fsp3) is 0.800. The van der Waals surface area contributed by atoms with Crippen LogP contribution in [0.25, 0.3) is 0 Å². The van der Waals surface area contributed by atoms with Crippen LogP contribution < -0.4 is 9.64 Å². The normalized spacial score (nSPS) is 22.4. The van der Waals surface area contributed by atoms with E-state index in [1.165, 1.54) is 63.8 Å². The van der Waals surface area contributed by atoms with E-state index in [9.17, 15) is 0 Å². The minimum absolute atomic E-state index is 0.436. The van der Waals surface area contributed by atoms with E-state index in [1.54, 1.807) is 5.56 Å². The second kappa shape index (κ2) is 13.2. The van der Waals surface area contributed by atoms with Gasteiger partial charge in [-0.05, 0) is 80.6 Å². The monoisotopic (exact) mass is 471 g/mol. The Hall–Kier alpha value is -1.26. The van der Waals surface area contributed by atoms with Gasteiger partial charge < -0.3 is 14.5 Å². The van der Waals surface area contributed by atoms with Crippen LogP contribution in [0.1, 0.15) is 91.5 Å². The molecule has 0 unspecified atom stereocenters. The van der Waals surface area contributed by atoms with Crippen LogP contribution in [0.5, 0.6) is 5.75 Å². The highest BCUT2D eigenvalue weighted by molar-refractivity contribution is 5.59. The average molecular weight is 472 g/mol. The van der Waals surface area contributed by atoms with Crippen molar-refractivity contribution in [3.63, 3.8) is 0 Å². The predicted molar refractivity (Wildman–Crippen MR) is 147 cm³/mol. The molecule has 1 heterocycles. The van der Waals surface area contributed by atoms with Crippen molar-refractivity contribution in [2.24, 2.45) is 11.3 Å². The Morgan fingerprint density at radius 3 is 2.21 bits per heavy atom. The number of rotatable bonds is 11. The SMILES string of the molecule is CCCCN1CCN(c2cc(OCCN(CC)CC)ccc2C2CCC(C(C)(C)C)CC2)CC1. The summed E-state index contributed by atoms with van der Waals surface area (Å²) in [6, 6.07) is 7.02. The number of piperazine rings is 1. The van der Waals surface area contributed by atoms with E-state index < -0.39 is 0 Å². The first-order chi connectivity index (χ1) is 16.4. The number of likely N-dealkylation sites (N-methyl/N-ethyl adjacent to an activating group) is 1. The van der Waals surface area contributed by atoms with Gasteiger partial charge in [-0.15, -0.1) is 0 Å². The lowest BCUT2D eigenvalue weighted by Gasteiger charge is -2.40. The average Bonchev–Trinajstić information content (AvgIpc) is 2.85. The van der Waals surface area contributed by atoms with Gasteiger partial charge in [-0.2, -0.15) is 0 Å². The molecule has 1 aliphatic heterocycles. The highest BCUT2D eigenvalue weighted by Crippen LogP contribution is 2.45. The molecule has 1 saturated heterocycles. The summed E-state index contributed by atoms with van der Waals surface area (Å²) in [7, 11) is 0. The van der Waals surface area contributed by atoms with Gasteiger partial charge in [0.25, 0.3) is 0 Å². The van der Waals surface area contributed by atoms with E-state index in [1.807, 2.05) is 0 Å². The molecule has 3 rings (SSSR count). The smallest absolute Gasteiger partial charge is 0.121 e. The molecule has 2 fully saturated rings. The van der Waals surface area contributed by atoms with E-state index in [-0.39, 0.29) is 0 Å². The van der Waals surface area contributed by atoms with Crippen LogP contribution in [-0.4, -0.2) is 68.8 Å². The number of hydrogen-bond donors (Lipinski definition) is 0. The molecule has 0 N–H and O–H groups in total. The Labute approximate surface area is 211 Å². The number of unbranched alkanes of at least 4 members (excludes halogenated alkanes) is 1. The van der Waals surface area contributed by atoms with Crippen LogP contribution in [0.15, 0.2) is 18.2 Å². The molecule has 0 atom stereocenters. The Morgan fingerprint density at radius 2 is 1.62 bits per heavy atom. The van der Waals surface area contributed by atoms with Crippen LogP contribution >= 0.6 is 0 Å². The van der Waals surface area contributed by atoms with Gasteiger partial charge in [-0.1, -0.05) is 54.0 Å². The van der Waals surface area contributed by atoms with Gasteiger partial charge in [0, 0.05) is 44.5 Å². The van der Waals surface area contributed by atoms with Crippen molar-refractivity contribution in [3.05, 3.63) is 23.8 Å². The van der Waals surface area contributed by atoms with Crippen LogP contribution in [0.3, 0.4) is 0 Å². The van der Waals surface area contributed by atoms with Gasteiger partial charge in [0.15, 0.2) is 0 Å². The minimum atomic E-state index is 0.436. The lowest BCUT2D eigenvalue weighted by molar-refractivity contribution is 0.169. The molecular formula is C30H53N3O. The second-order valence-corrected chi connectivity index (χ2v) is 11.7. The third-order valence-corrected chi connectivity index (χ3v) is 8.51. The first-order valence-electron chi connectivity index (χ1n) is 14.3. The van der Waals surface area contributed by atoms with Crippen molar-refractivity contribution >= 4 is 5.69 Å². The van der Waals surface area contributed by atoms with Crippen molar-refractivity contribution in [2.45, 2.75) is 86.0 Å². The summed E-state index contributed by atoms with van der Waals surface area (Å²) >= 11 is 0. The van der Waals surface area contributed by atoms with Crippen LogP contribution in [0, 0.1) is 11.3 Å². The molecule has 1 aromatic rings. The molecule has 1 aromatic carbocycles. The number of benzene rings is 1. The Bertz CT molecular complexity index is 708. The van der Waals surface area contributed by atoms with Crippen molar-refractivity contribution < 1.29 is 4.74 Å². The second-order valence-electron chi connectivity index (χ2n) is 11.7. The maximum atomic E-state index is 6.27. The molecule has 1 aliphatic carbocycles. The molecule has 4 heteroatoms. The van der Waals surface area contributed by atoms with Gasteiger partial charge in [0.1, 0.15) is 12.4 Å². The van der Waals surface area contributed by atoms with Gasteiger partial charge in [0.05, 0.1) is 0 Å². The summed E-state index contributed by atoms with van der Waals surface area (Å²) < 4.78 is 6.27. The summed E-state index contributed by atoms with van der Waals surface area (Å²) in [4.78, 5) is 7.74. The van der Waals surface area contributed by atoms with Crippen molar-refractivity contribution in [1.29, 1.82) is 0 Å². The zero-order valence-electron chi connectivity index (χ0n) is 23.2. The molecule has 0 amide bonds. The first-order valence-corrected chi connectivity index (χ1v) is 14.3. The van der Waals surface area contributed by atoms with E-state index in [4.69, 9.17) is 4.74 Å². The van der Waals surface area contributed by atoms with E-state index in [0.29, 0.717) is 11.3 Å². The quantitative estimate of drug-likeness (QED) is 0.360. The Morgan fingerprint density at radius 1 is 0.941 bits per heavy atom. The molecule has 0 radical (unpaired) electrons. The molecule has 34 heavy (non-hydrogen) atoms. The standard InChI is InChI=1S/C30H53N3O/c1-7-10-17-32-18-20-33(21-19-32)29-24-27(34-23-22-31(8-2)9-3)15-16-28(29)25-11-13-26(14-12-25)30(4,5)6/h15-16,24-26H,7-14,17-23H2,1-6H3. The summed E-state index contributed by atoms with van der Waals surface area (Å²) in [5.41, 5.74) is 3.46. The van der Waals surface area contributed by atoms with E-state index in [0.717, 1.165) is 51.0 Å². The highest BCUT2D eigenvalue weighted by atomic mass is 16.5. The molecule has 2 aliphatic rings. The molecule has 194 valence electrons. The third-order valence-electron chi connectivity index (χ3n) is 8.51. The molecular weight excluding hydrogens is 418 g/mol. The summed E-state index contributed by atoms with van der Waals surface area (Å²) in [5.74, 6) is 2.59. The topological polar surface area (TPSA) is 19.0 Å². The summed E-state index contributed by atoms with van der Waals surface area (Å²) in [5, 5.41) is 0. The number of nitrogens with zero attached hydrogens (tertiary/aromatic N) is 3. The predicted octanol–water partition coefficient (Wildman–Crippen LogP) is 6.65. The van der Waals surface area contributed by atoms with Gasteiger partial charge in [0.2, 0.25) is 0 Å². The molecule has 0 aromatic heterocycles. The zero-order valence-corrected chi connectivity index (χ0v) is 23.2. The van der Waals surface area contributed by atoms with Crippen LogP contribution in [0.4, 0.5) is 5.69 Å². The maximum Gasteiger partial charge on any atom is 0.121 e. The molecule has 1 saturated carbocycles. The number of hydrogen-bond acceptors (Lipinski definition) is 4. The fourth-order valence-electron chi connectivity index (χ4n) is 5.93. The largest absolute Gasteiger partial charge is 0.492 e. The maximum absolute atomic E-state index is 6.27. The van der Waals surface area contributed by atoms with Gasteiger partial charge >= 0.3 is 0 Å². The molecule has 4 nitrogen and oxygen atoms in total. The van der Waals surface area contributed by atoms with E-state index in [2.05, 4.69) is 74.4 Å². The molecule has 0 spiro atoms. The zero-order chi connectivity index (χ0) is 24.6. The lowest BCUT2D eigenvalue weighted by Crippen LogP contribution is -2.47. The van der Waals surface area contributed by atoms with Crippen LogP contribution in [-0.2, 0) is 0 Å². The number of anilines is 1. The van der Waals surface area contributed by atoms with Gasteiger partial charge in [-0.3, -0.25) is 4.90 Å².